The first-order valence-electron chi connectivity index (χ1n) is 9.26. The van der Waals surface area contributed by atoms with E-state index in [1.165, 1.54) is 11.3 Å². The molecule has 0 fully saturated rings. The Morgan fingerprint density at radius 3 is 2.47 bits per heavy atom. The van der Waals surface area contributed by atoms with E-state index in [4.69, 9.17) is 11.6 Å². The van der Waals surface area contributed by atoms with Crippen LogP contribution in [0, 0.1) is 0 Å². The molecule has 2 N–H and O–H groups in total. The predicted molar refractivity (Wildman–Crippen MR) is 120 cm³/mol. The van der Waals surface area contributed by atoms with Crippen LogP contribution in [0.2, 0.25) is 5.02 Å². The molecule has 2 aromatic carbocycles. The number of aliphatic hydroxyl groups is 1. The summed E-state index contributed by atoms with van der Waals surface area (Å²) in [7, 11) is 0. The van der Waals surface area contributed by atoms with Crippen LogP contribution in [0.5, 0.6) is 0 Å². The average Bonchev–Trinajstić information content (AvgIpc) is 3.35. The van der Waals surface area contributed by atoms with Crippen LogP contribution >= 0.6 is 22.9 Å². The van der Waals surface area contributed by atoms with Gasteiger partial charge in [-0.15, -0.1) is 11.3 Å². The Balaban J connectivity index is 1.83. The number of hydrogen-bond donors (Lipinski definition) is 2. The normalized spacial score (nSPS) is 11.6. The van der Waals surface area contributed by atoms with Crippen LogP contribution in [-0.2, 0) is 5.60 Å². The molecule has 2 heterocycles. The Labute approximate surface area is 182 Å². The van der Waals surface area contributed by atoms with E-state index in [1.54, 1.807) is 42.8 Å². The summed E-state index contributed by atoms with van der Waals surface area (Å²) >= 11 is 7.93. The third-order valence-corrected chi connectivity index (χ3v) is 6.15. The fourth-order valence-corrected chi connectivity index (χ4v) is 4.32. The SMILES string of the molecule is CC(C)(O)c1cc(-c2ccc(-c3cccc(C(=O)O)c3)s2)n(-c2ccccc2Cl)n1. The van der Waals surface area contributed by atoms with Crippen molar-refractivity contribution in [2.24, 2.45) is 0 Å². The highest BCUT2D eigenvalue weighted by Gasteiger charge is 2.24. The van der Waals surface area contributed by atoms with E-state index in [-0.39, 0.29) is 5.56 Å². The van der Waals surface area contributed by atoms with Gasteiger partial charge in [-0.1, -0.05) is 35.9 Å². The lowest BCUT2D eigenvalue weighted by atomic mass is 10.1. The summed E-state index contributed by atoms with van der Waals surface area (Å²) in [6.45, 7) is 3.38. The maximum atomic E-state index is 11.3. The van der Waals surface area contributed by atoms with E-state index >= 15 is 0 Å². The number of hydrogen-bond acceptors (Lipinski definition) is 4. The number of aromatic nitrogens is 2. The van der Waals surface area contributed by atoms with E-state index in [0.29, 0.717) is 16.4 Å². The lowest BCUT2D eigenvalue weighted by molar-refractivity contribution is 0.0695. The van der Waals surface area contributed by atoms with Gasteiger partial charge in [0.2, 0.25) is 0 Å². The van der Waals surface area contributed by atoms with Gasteiger partial charge >= 0.3 is 5.97 Å². The summed E-state index contributed by atoms with van der Waals surface area (Å²) in [6, 6.07) is 20.0. The van der Waals surface area contributed by atoms with Crippen molar-refractivity contribution in [3.05, 3.63) is 83.0 Å². The minimum absolute atomic E-state index is 0.243. The molecule has 30 heavy (non-hydrogen) atoms. The highest BCUT2D eigenvalue weighted by atomic mass is 35.5. The van der Waals surface area contributed by atoms with Crippen molar-refractivity contribution in [1.82, 2.24) is 9.78 Å². The number of para-hydroxylation sites is 1. The zero-order valence-corrected chi connectivity index (χ0v) is 17.9. The molecule has 152 valence electrons. The second-order valence-electron chi connectivity index (χ2n) is 7.39. The Kier molecular flexibility index (Phi) is 5.24. The van der Waals surface area contributed by atoms with E-state index in [1.807, 2.05) is 42.5 Å². The van der Waals surface area contributed by atoms with Crippen molar-refractivity contribution in [1.29, 1.82) is 0 Å². The summed E-state index contributed by atoms with van der Waals surface area (Å²) in [6.07, 6.45) is 0. The van der Waals surface area contributed by atoms with Crippen molar-refractivity contribution in [2.45, 2.75) is 19.4 Å². The minimum atomic E-state index is -1.11. The zero-order chi connectivity index (χ0) is 21.5. The number of carboxylic acid groups (broad SMARTS) is 1. The molecule has 0 saturated heterocycles. The first-order chi connectivity index (χ1) is 14.2. The summed E-state index contributed by atoms with van der Waals surface area (Å²) in [5, 5.41) is 24.9. The summed E-state index contributed by atoms with van der Waals surface area (Å²) in [4.78, 5) is 13.2. The van der Waals surface area contributed by atoms with Crippen LogP contribution in [0.25, 0.3) is 26.7 Å². The lowest BCUT2D eigenvalue weighted by Gasteiger charge is -2.13. The molecule has 0 atom stereocenters. The fraction of sp³-hybridized carbons (Fsp3) is 0.130. The topological polar surface area (TPSA) is 75.3 Å². The Bertz CT molecular complexity index is 1240. The van der Waals surface area contributed by atoms with Crippen LogP contribution in [-0.4, -0.2) is 26.0 Å². The second kappa shape index (κ2) is 7.72. The third-order valence-electron chi connectivity index (χ3n) is 4.67. The van der Waals surface area contributed by atoms with Crippen molar-refractivity contribution in [2.75, 3.05) is 0 Å². The molecule has 0 bridgehead atoms. The molecule has 0 amide bonds. The third kappa shape index (κ3) is 3.89. The molecule has 4 rings (SSSR count). The van der Waals surface area contributed by atoms with E-state index in [0.717, 1.165) is 21.0 Å². The molecule has 5 nitrogen and oxygen atoms in total. The predicted octanol–water partition coefficient (Wildman–Crippen LogP) is 5.85. The van der Waals surface area contributed by atoms with E-state index in [2.05, 4.69) is 5.10 Å². The van der Waals surface area contributed by atoms with Crippen LogP contribution in [0.4, 0.5) is 0 Å². The molecule has 0 aliphatic rings. The Morgan fingerprint density at radius 2 is 1.77 bits per heavy atom. The van der Waals surface area contributed by atoms with E-state index < -0.39 is 11.6 Å². The smallest absolute Gasteiger partial charge is 0.335 e. The molecule has 0 spiro atoms. The molecular formula is C23H19ClN2O3S. The average molecular weight is 439 g/mol. The highest BCUT2D eigenvalue weighted by Crippen LogP contribution is 2.38. The first-order valence-corrected chi connectivity index (χ1v) is 10.5. The van der Waals surface area contributed by atoms with Crippen LogP contribution in [0.3, 0.4) is 0 Å². The van der Waals surface area contributed by atoms with Gasteiger partial charge in [-0.05, 0) is 61.9 Å². The van der Waals surface area contributed by atoms with Gasteiger partial charge in [-0.25, -0.2) is 9.48 Å². The number of nitrogens with zero attached hydrogens (tertiary/aromatic N) is 2. The monoisotopic (exact) mass is 438 g/mol. The largest absolute Gasteiger partial charge is 0.478 e. The Morgan fingerprint density at radius 1 is 1.03 bits per heavy atom. The molecular weight excluding hydrogens is 420 g/mol. The number of halogens is 1. The van der Waals surface area contributed by atoms with Crippen LogP contribution in [0.15, 0.2) is 66.7 Å². The number of thiophene rings is 1. The van der Waals surface area contributed by atoms with Crippen molar-refractivity contribution in [3.63, 3.8) is 0 Å². The molecule has 4 aromatic rings. The fourth-order valence-electron chi connectivity index (χ4n) is 3.10. The highest BCUT2D eigenvalue weighted by molar-refractivity contribution is 7.18. The molecule has 0 unspecified atom stereocenters. The molecule has 0 aliphatic heterocycles. The quantitative estimate of drug-likeness (QED) is 0.410. The van der Waals surface area contributed by atoms with Gasteiger partial charge in [0.25, 0.3) is 0 Å². The maximum absolute atomic E-state index is 11.3. The summed E-state index contributed by atoms with van der Waals surface area (Å²) < 4.78 is 1.74. The van der Waals surface area contributed by atoms with Gasteiger partial charge in [-0.3, -0.25) is 0 Å². The van der Waals surface area contributed by atoms with Crippen molar-refractivity contribution < 1.29 is 15.0 Å². The lowest BCUT2D eigenvalue weighted by Crippen LogP contribution is -2.16. The molecule has 0 radical (unpaired) electrons. The maximum Gasteiger partial charge on any atom is 0.335 e. The Hall–Kier alpha value is -2.93. The summed E-state index contributed by atoms with van der Waals surface area (Å²) in [5.74, 6) is -0.958. The van der Waals surface area contributed by atoms with Gasteiger partial charge in [0.1, 0.15) is 5.60 Å². The van der Waals surface area contributed by atoms with Gasteiger partial charge in [0.15, 0.2) is 0 Å². The van der Waals surface area contributed by atoms with Crippen LogP contribution < -0.4 is 0 Å². The molecule has 7 heteroatoms. The molecule has 0 aliphatic carbocycles. The standard InChI is InChI=1S/C23H19ClN2O3S/c1-23(2,29)21-13-18(26(25-21)17-9-4-3-8-16(17)24)20-11-10-19(30-20)14-6-5-7-15(12-14)22(27)28/h3-13,29H,1-2H3,(H,27,28). The van der Waals surface area contributed by atoms with Gasteiger partial charge in [0, 0.05) is 4.88 Å². The minimum Gasteiger partial charge on any atom is -0.478 e. The zero-order valence-electron chi connectivity index (χ0n) is 16.3. The number of rotatable bonds is 5. The number of carbonyl (C=O) groups is 1. The van der Waals surface area contributed by atoms with Crippen LogP contribution in [0.1, 0.15) is 29.9 Å². The second-order valence-corrected chi connectivity index (χ2v) is 8.88. The first kappa shape index (κ1) is 20.3. The van der Waals surface area contributed by atoms with Crippen molar-refractivity contribution >= 4 is 28.9 Å². The van der Waals surface area contributed by atoms with Gasteiger partial charge in [-0.2, -0.15) is 5.10 Å². The van der Waals surface area contributed by atoms with Gasteiger partial charge < -0.3 is 10.2 Å². The molecule has 0 saturated carbocycles. The molecule has 2 aromatic heterocycles. The van der Waals surface area contributed by atoms with Gasteiger partial charge in [0.05, 0.1) is 32.5 Å². The number of aromatic carboxylic acids is 1. The number of benzene rings is 2. The number of carboxylic acids is 1. The van der Waals surface area contributed by atoms with E-state index in [9.17, 15) is 15.0 Å². The van der Waals surface area contributed by atoms with Crippen molar-refractivity contribution in [3.8, 4) is 26.7 Å². The summed E-state index contributed by atoms with van der Waals surface area (Å²) in [5.41, 5.74) is 2.00.